The number of carbonyl (C=O) groups excluding carboxylic acids is 3. The SMILES string of the molecule is C[C@H]1COc2ccccc2C(=O)N[C@H](C(=O)O)CC(=O)N[C@@H](Cc2ccccc2)C(=O)N1. The molecule has 3 atom stereocenters. The predicted octanol–water partition coefficient (Wildman–Crippen LogP) is 0.884. The van der Waals surface area contributed by atoms with Crippen molar-refractivity contribution >= 4 is 23.7 Å². The van der Waals surface area contributed by atoms with E-state index in [9.17, 15) is 24.3 Å². The fraction of sp³-hybridized carbons (Fsp3) is 0.304. The Hall–Kier alpha value is -3.88. The summed E-state index contributed by atoms with van der Waals surface area (Å²) in [5.41, 5.74) is 0.965. The zero-order valence-electron chi connectivity index (χ0n) is 17.5. The van der Waals surface area contributed by atoms with Gasteiger partial charge in [0.15, 0.2) is 0 Å². The quantitative estimate of drug-likeness (QED) is 0.561. The van der Waals surface area contributed by atoms with Crippen molar-refractivity contribution in [1.29, 1.82) is 0 Å². The Bertz CT molecular complexity index is 994. The summed E-state index contributed by atoms with van der Waals surface area (Å²) in [4.78, 5) is 49.9. The van der Waals surface area contributed by atoms with Gasteiger partial charge in [-0.3, -0.25) is 14.4 Å². The molecular formula is C23H25N3O6. The Kier molecular flexibility index (Phi) is 7.43. The molecule has 0 aliphatic carbocycles. The number of ether oxygens (including phenoxy) is 1. The van der Waals surface area contributed by atoms with Gasteiger partial charge in [0, 0.05) is 6.42 Å². The molecule has 0 fully saturated rings. The van der Waals surface area contributed by atoms with E-state index in [1.165, 1.54) is 6.07 Å². The highest BCUT2D eigenvalue weighted by molar-refractivity contribution is 6.00. The second kappa shape index (κ2) is 10.4. The van der Waals surface area contributed by atoms with Crippen molar-refractivity contribution < 1.29 is 29.0 Å². The molecule has 32 heavy (non-hydrogen) atoms. The van der Waals surface area contributed by atoms with Gasteiger partial charge in [-0.25, -0.2) is 4.79 Å². The number of hydrogen-bond donors (Lipinski definition) is 4. The first kappa shape index (κ1) is 22.8. The van der Waals surface area contributed by atoms with Crippen molar-refractivity contribution in [1.82, 2.24) is 16.0 Å². The van der Waals surface area contributed by atoms with Crippen LogP contribution in [-0.2, 0) is 20.8 Å². The number of amides is 3. The molecule has 0 spiro atoms. The van der Waals surface area contributed by atoms with E-state index >= 15 is 0 Å². The topological polar surface area (TPSA) is 134 Å². The molecule has 3 amide bonds. The predicted molar refractivity (Wildman–Crippen MR) is 115 cm³/mol. The van der Waals surface area contributed by atoms with E-state index in [1.807, 2.05) is 30.3 Å². The maximum atomic E-state index is 12.9. The van der Waals surface area contributed by atoms with Crippen molar-refractivity contribution in [3.8, 4) is 5.75 Å². The molecule has 9 heteroatoms. The fourth-order valence-electron chi connectivity index (χ4n) is 3.31. The number of benzene rings is 2. The minimum absolute atomic E-state index is 0.0738. The van der Waals surface area contributed by atoms with E-state index in [-0.39, 0.29) is 24.3 Å². The number of carboxylic acid groups (broad SMARTS) is 1. The van der Waals surface area contributed by atoms with Crippen molar-refractivity contribution in [2.75, 3.05) is 6.61 Å². The highest BCUT2D eigenvalue weighted by atomic mass is 16.5. The number of nitrogens with one attached hydrogen (secondary N) is 3. The van der Waals surface area contributed by atoms with E-state index in [2.05, 4.69) is 16.0 Å². The van der Waals surface area contributed by atoms with Crippen LogP contribution in [0.4, 0.5) is 0 Å². The number of hydrogen-bond acceptors (Lipinski definition) is 5. The third-order valence-corrected chi connectivity index (χ3v) is 4.94. The average Bonchev–Trinajstić information content (AvgIpc) is 2.77. The third kappa shape index (κ3) is 6.07. The lowest BCUT2D eigenvalue weighted by atomic mass is 10.0. The molecule has 3 rings (SSSR count). The van der Waals surface area contributed by atoms with E-state index in [4.69, 9.17) is 4.74 Å². The number of carbonyl (C=O) groups is 4. The summed E-state index contributed by atoms with van der Waals surface area (Å²) in [5, 5.41) is 17.3. The summed E-state index contributed by atoms with van der Waals surface area (Å²) in [7, 11) is 0. The lowest BCUT2D eigenvalue weighted by molar-refractivity contribution is -0.141. The maximum absolute atomic E-state index is 12.9. The van der Waals surface area contributed by atoms with Gasteiger partial charge in [0.2, 0.25) is 11.8 Å². The van der Waals surface area contributed by atoms with Gasteiger partial charge < -0.3 is 25.8 Å². The van der Waals surface area contributed by atoms with E-state index in [0.29, 0.717) is 0 Å². The fourth-order valence-corrected chi connectivity index (χ4v) is 3.31. The van der Waals surface area contributed by atoms with Gasteiger partial charge >= 0.3 is 5.97 Å². The highest BCUT2D eigenvalue weighted by Crippen LogP contribution is 2.19. The van der Waals surface area contributed by atoms with Crippen LogP contribution in [0.2, 0.25) is 0 Å². The standard InChI is InChI=1S/C23H25N3O6/c1-14-13-32-19-10-6-5-9-16(19)21(28)26-18(23(30)31)12-20(27)25-17(22(29)24-14)11-15-7-3-2-4-8-15/h2-10,14,17-18H,11-13H2,1H3,(H,24,29)(H,25,27)(H,26,28)(H,30,31)/t14-,17-,18-/m0/s1. The van der Waals surface area contributed by atoms with Gasteiger partial charge in [0.1, 0.15) is 24.4 Å². The highest BCUT2D eigenvalue weighted by Gasteiger charge is 2.29. The van der Waals surface area contributed by atoms with Gasteiger partial charge in [0.25, 0.3) is 5.91 Å². The lowest BCUT2D eigenvalue weighted by Crippen LogP contribution is -2.53. The smallest absolute Gasteiger partial charge is 0.326 e. The Morgan fingerprint density at radius 3 is 2.41 bits per heavy atom. The molecule has 0 aromatic heterocycles. The first-order valence-corrected chi connectivity index (χ1v) is 10.2. The Morgan fingerprint density at radius 1 is 1.00 bits per heavy atom. The van der Waals surface area contributed by atoms with Gasteiger partial charge in [0.05, 0.1) is 18.0 Å². The monoisotopic (exact) mass is 439 g/mol. The Labute approximate surface area is 185 Å². The third-order valence-electron chi connectivity index (χ3n) is 4.94. The summed E-state index contributed by atoms with van der Waals surface area (Å²) in [6.45, 7) is 1.82. The first-order valence-electron chi connectivity index (χ1n) is 10.2. The van der Waals surface area contributed by atoms with E-state index in [0.717, 1.165) is 5.56 Å². The number of rotatable bonds is 3. The minimum atomic E-state index is -1.47. The summed E-state index contributed by atoms with van der Waals surface area (Å²) >= 11 is 0. The molecule has 0 bridgehead atoms. The first-order chi connectivity index (χ1) is 15.3. The summed E-state index contributed by atoms with van der Waals surface area (Å²) < 4.78 is 5.72. The van der Waals surface area contributed by atoms with Crippen molar-refractivity contribution in [3.05, 3.63) is 65.7 Å². The van der Waals surface area contributed by atoms with Crippen LogP contribution in [-0.4, -0.2) is 53.5 Å². The molecule has 4 N–H and O–H groups in total. The lowest BCUT2D eigenvalue weighted by Gasteiger charge is -2.24. The van der Waals surface area contributed by atoms with E-state index in [1.54, 1.807) is 25.1 Å². The molecule has 0 unspecified atom stereocenters. The molecule has 0 saturated heterocycles. The number of fused-ring (bicyclic) bond motifs is 1. The summed E-state index contributed by atoms with van der Waals surface area (Å²) in [6, 6.07) is 12.7. The number of carboxylic acids is 1. The molecule has 0 saturated carbocycles. The molecule has 1 heterocycles. The molecule has 9 nitrogen and oxygen atoms in total. The average molecular weight is 439 g/mol. The molecule has 1 aliphatic heterocycles. The minimum Gasteiger partial charge on any atom is -0.491 e. The molecule has 168 valence electrons. The maximum Gasteiger partial charge on any atom is 0.326 e. The molecule has 0 radical (unpaired) electrons. The van der Waals surface area contributed by atoms with Crippen LogP contribution in [0.25, 0.3) is 0 Å². The van der Waals surface area contributed by atoms with Crippen LogP contribution < -0.4 is 20.7 Å². The normalized spacial score (nSPS) is 22.3. The van der Waals surface area contributed by atoms with Crippen LogP contribution in [0, 0.1) is 0 Å². The van der Waals surface area contributed by atoms with Crippen LogP contribution in [0.3, 0.4) is 0 Å². The number of para-hydroxylation sites is 1. The second-order valence-corrected chi connectivity index (χ2v) is 7.60. The molecule has 1 aliphatic rings. The Morgan fingerprint density at radius 2 is 1.69 bits per heavy atom. The van der Waals surface area contributed by atoms with Crippen molar-refractivity contribution in [2.24, 2.45) is 0 Å². The zero-order valence-corrected chi connectivity index (χ0v) is 17.5. The van der Waals surface area contributed by atoms with Crippen LogP contribution in [0.1, 0.15) is 29.3 Å². The van der Waals surface area contributed by atoms with Gasteiger partial charge in [-0.2, -0.15) is 0 Å². The largest absolute Gasteiger partial charge is 0.491 e. The van der Waals surface area contributed by atoms with Crippen LogP contribution in [0.15, 0.2) is 54.6 Å². The van der Waals surface area contributed by atoms with Crippen molar-refractivity contribution in [3.63, 3.8) is 0 Å². The van der Waals surface area contributed by atoms with Gasteiger partial charge in [-0.15, -0.1) is 0 Å². The number of aliphatic carboxylic acids is 1. The summed E-state index contributed by atoms with van der Waals surface area (Å²) in [6.07, 6.45) is -0.308. The van der Waals surface area contributed by atoms with Crippen LogP contribution >= 0.6 is 0 Å². The van der Waals surface area contributed by atoms with Crippen LogP contribution in [0.5, 0.6) is 5.75 Å². The second-order valence-electron chi connectivity index (χ2n) is 7.60. The summed E-state index contributed by atoms with van der Waals surface area (Å²) in [5.74, 6) is -2.87. The molecular weight excluding hydrogens is 414 g/mol. The zero-order chi connectivity index (χ0) is 23.1. The van der Waals surface area contributed by atoms with Gasteiger partial charge in [-0.1, -0.05) is 42.5 Å². The Balaban J connectivity index is 1.88. The van der Waals surface area contributed by atoms with E-state index < -0.39 is 48.2 Å². The molecule has 2 aromatic rings. The van der Waals surface area contributed by atoms with Gasteiger partial charge in [-0.05, 0) is 24.6 Å². The van der Waals surface area contributed by atoms with Crippen molar-refractivity contribution in [2.45, 2.75) is 37.9 Å². The molecule has 2 aromatic carbocycles.